The zero-order valence-corrected chi connectivity index (χ0v) is 10.1. The van der Waals surface area contributed by atoms with Crippen LogP contribution in [-0.4, -0.2) is 14.2 Å². The van der Waals surface area contributed by atoms with Crippen LogP contribution in [0.3, 0.4) is 0 Å². The minimum Gasteiger partial charge on any atom is -0.496 e. The van der Waals surface area contributed by atoms with Gasteiger partial charge < -0.3 is 14.5 Å². The van der Waals surface area contributed by atoms with Gasteiger partial charge in [-0.2, -0.15) is 0 Å². The number of rotatable bonds is 5. The van der Waals surface area contributed by atoms with Gasteiger partial charge in [0.15, 0.2) is 0 Å². The van der Waals surface area contributed by atoms with Crippen molar-refractivity contribution in [2.24, 2.45) is 0 Å². The third-order valence-electron chi connectivity index (χ3n) is 2.85. The molecule has 0 bridgehead atoms. The van der Waals surface area contributed by atoms with E-state index < -0.39 is 0 Å². The average molecular weight is 231 g/mol. The summed E-state index contributed by atoms with van der Waals surface area (Å²) in [7, 11) is 3.64. The largest absolute Gasteiger partial charge is 0.496 e. The van der Waals surface area contributed by atoms with E-state index in [1.165, 1.54) is 0 Å². The summed E-state index contributed by atoms with van der Waals surface area (Å²) in [4.78, 5) is 0. The van der Waals surface area contributed by atoms with Crippen LogP contribution in [0.15, 0.2) is 47.1 Å². The summed E-state index contributed by atoms with van der Waals surface area (Å²) in [6.07, 6.45) is 2.51. The zero-order chi connectivity index (χ0) is 12.1. The monoisotopic (exact) mass is 231 g/mol. The molecule has 0 aliphatic carbocycles. The van der Waals surface area contributed by atoms with E-state index in [1.807, 2.05) is 37.4 Å². The first-order chi connectivity index (χ1) is 8.35. The number of likely N-dealkylation sites (N-methyl/N-ethyl adjacent to an activating group) is 1. The highest BCUT2D eigenvalue weighted by Crippen LogP contribution is 2.27. The second-order valence-corrected chi connectivity index (χ2v) is 3.87. The molecule has 1 aromatic heterocycles. The van der Waals surface area contributed by atoms with Gasteiger partial charge in [0.25, 0.3) is 0 Å². The van der Waals surface area contributed by atoms with Crippen LogP contribution in [-0.2, 0) is 6.42 Å². The van der Waals surface area contributed by atoms with E-state index in [0.29, 0.717) is 0 Å². The fourth-order valence-corrected chi connectivity index (χ4v) is 1.95. The van der Waals surface area contributed by atoms with Crippen molar-refractivity contribution >= 4 is 0 Å². The lowest BCUT2D eigenvalue weighted by atomic mass is 10.0. The van der Waals surface area contributed by atoms with Crippen LogP contribution in [0.1, 0.15) is 17.4 Å². The molecule has 1 atom stereocenters. The number of nitrogens with one attached hydrogen (secondary N) is 1. The first-order valence-corrected chi connectivity index (χ1v) is 5.67. The van der Waals surface area contributed by atoms with E-state index in [-0.39, 0.29) is 6.04 Å². The van der Waals surface area contributed by atoms with Gasteiger partial charge in [-0.3, -0.25) is 0 Å². The van der Waals surface area contributed by atoms with E-state index in [0.717, 1.165) is 23.5 Å². The fraction of sp³-hybridized carbons (Fsp3) is 0.286. The lowest BCUT2D eigenvalue weighted by molar-refractivity contribution is 0.396. The van der Waals surface area contributed by atoms with E-state index in [2.05, 4.69) is 11.4 Å². The molecule has 0 aliphatic rings. The highest BCUT2D eigenvalue weighted by Gasteiger charge is 2.15. The lowest BCUT2D eigenvalue weighted by Gasteiger charge is -2.18. The van der Waals surface area contributed by atoms with Crippen LogP contribution in [0.4, 0.5) is 0 Å². The van der Waals surface area contributed by atoms with Gasteiger partial charge in [-0.05, 0) is 25.2 Å². The van der Waals surface area contributed by atoms with E-state index in [4.69, 9.17) is 9.15 Å². The Labute approximate surface area is 101 Å². The first kappa shape index (κ1) is 11.7. The third-order valence-corrected chi connectivity index (χ3v) is 2.85. The highest BCUT2D eigenvalue weighted by molar-refractivity contribution is 5.36. The number of furan rings is 1. The van der Waals surface area contributed by atoms with Crippen molar-refractivity contribution in [3.8, 4) is 5.75 Å². The molecule has 17 heavy (non-hydrogen) atoms. The Morgan fingerprint density at radius 1 is 1.24 bits per heavy atom. The van der Waals surface area contributed by atoms with Crippen molar-refractivity contribution in [1.29, 1.82) is 0 Å². The summed E-state index contributed by atoms with van der Waals surface area (Å²) in [5.41, 5.74) is 1.15. The molecule has 0 saturated heterocycles. The molecule has 0 saturated carbocycles. The van der Waals surface area contributed by atoms with Crippen molar-refractivity contribution in [3.63, 3.8) is 0 Å². The number of benzene rings is 1. The maximum Gasteiger partial charge on any atom is 0.123 e. The molecule has 0 spiro atoms. The molecule has 3 nitrogen and oxygen atoms in total. The third kappa shape index (κ3) is 2.68. The molecule has 1 heterocycles. The summed E-state index contributed by atoms with van der Waals surface area (Å²) in [5.74, 6) is 1.87. The number of ether oxygens (including phenoxy) is 1. The normalized spacial score (nSPS) is 12.4. The molecule has 0 aliphatic heterocycles. The molecular formula is C14H17NO2. The maximum atomic E-state index is 5.38. The Morgan fingerprint density at radius 3 is 2.71 bits per heavy atom. The molecule has 2 rings (SSSR count). The Bertz CT molecular complexity index is 451. The van der Waals surface area contributed by atoms with Gasteiger partial charge in [0.2, 0.25) is 0 Å². The van der Waals surface area contributed by atoms with Gasteiger partial charge in [0.1, 0.15) is 11.5 Å². The Balaban J connectivity index is 2.22. The lowest BCUT2D eigenvalue weighted by Crippen LogP contribution is -2.19. The fourth-order valence-electron chi connectivity index (χ4n) is 1.95. The highest BCUT2D eigenvalue weighted by atomic mass is 16.5. The second-order valence-electron chi connectivity index (χ2n) is 3.87. The number of methoxy groups -OCH3 is 1. The van der Waals surface area contributed by atoms with Gasteiger partial charge in [-0.15, -0.1) is 0 Å². The van der Waals surface area contributed by atoms with Crippen LogP contribution in [0.25, 0.3) is 0 Å². The standard InChI is InChI=1S/C14H17NO2/c1-15-13(10-11-6-5-9-17-11)12-7-3-4-8-14(12)16-2/h3-9,13,15H,10H2,1-2H3. The predicted octanol–water partition coefficient (Wildman–Crippen LogP) is 2.79. The number of hydrogen-bond donors (Lipinski definition) is 1. The quantitative estimate of drug-likeness (QED) is 0.859. The first-order valence-electron chi connectivity index (χ1n) is 5.67. The molecule has 0 amide bonds. The number of para-hydroxylation sites is 1. The average Bonchev–Trinajstić information content (AvgIpc) is 2.89. The SMILES string of the molecule is CNC(Cc1ccco1)c1ccccc1OC. The van der Waals surface area contributed by atoms with E-state index >= 15 is 0 Å². The Morgan fingerprint density at radius 2 is 2.06 bits per heavy atom. The Hall–Kier alpha value is -1.74. The molecule has 3 heteroatoms. The topological polar surface area (TPSA) is 34.4 Å². The van der Waals surface area contributed by atoms with Crippen molar-refractivity contribution in [2.45, 2.75) is 12.5 Å². The molecule has 90 valence electrons. The molecule has 1 N–H and O–H groups in total. The molecule has 0 radical (unpaired) electrons. The zero-order valence-electron chi connectivity index (χ0n) is 10.1. The molecule has 1 unspecified atom stereocenters. The predicted molar refractivity (Wildman–Crippen MR) is 67.2 cm³/mol. The second kappa shape index (κ2) is 5.55. The number of hydrogen-bond acceptors (Lipinski definition) is 3. The Kier molecular flexibility index (Phi) is 3.83. The maximum absolute atomic E-state index is 5.38. The van der Waals surface area contributed by atoms with E-state index in [1.54, 1.807) is 13.4 Å². The summed E-state index contributed by atoms with van der Waals surface area (Å²) in [5, 5.41) is 3.29. The van der Waals surface area contributed by atoms with Gasteiger partial charge in [0.05, 0.1) is 13.4 Å². The summed E-state index contributed by atoms with van der Waals surface area (Å²) in [6, 6.07) is 12.1. The minimum absolute atomic E-state index is 0.192. The van der Waals surface area contributed by atoms with Crippen LogP contribution >= 0.6 is 0 Å². The minimum atomic E-state index is 0.192. The van der Waals surface area contributed by atoms with Crippen molar-refractivity contribution in [1.82, 2.24) is 5.32 Å². The van der Waals surface area contributed by atoms with Gasteiger partial charge >= 0.3 is 0 Å². The van der Waals surface area contributed by atoms with Gasteiger partial charge in [-0.25, -0.2) is 0 Å². The van der Waals surface area contributed by atoms with Crippen LogP contribution < -0.4 is 10.1 Å². The summed E-state index contributed by atoms with van der Waals surface area (Å²) < 4.78 is 10.8. The summed E-state index contributed by atoms with van der Waals surface area (Å²) in [6.45, 7) is 0. The summed E-state index contributed by atoms with van der Waals surface area (Å²) >= 11 is 0. The van der Waals surface area contributed by atoms with Gasteiger partial charge in [-0.1, -0.05) is 18.2 Å². The molecule has 1 aromatic carbocycles. The molecule has 2 aromatic rings. The van der Waals surface area contributed by atoms with Crippen molar-refractivity contribution in [3.05, 3.63) is 54.0 Å². The van der Waals surface area contributed by atoms with Crippen LogP contribution in [0.5, 0.6) is 5.75 Å². The van der Waals surface area contributed by atoms with E-state index in [9.17, 15) is 0 Å². The molecular weight excluding hydrogens is 214 g/mol. The van der Waals surface area contributed by atoms with Crippen LogP contribution in [0.2, 0.25) is 0 Å². The van der Waals surface area contributed by atoms with Gasteiger partial charge in [0, 0.05) is 18.0 Å². The van der Waals surface area contributed by atoms with Crippen molar-refractivity contribution < 1.29 is 9.15 Å². The molecule has 0 fully saturated rings. The van der Waals surface area contributed by atoms with Crippen LogP contribution in [0, 0.1) is 0 Å². The van der Waals surface area contributed by atoms with Crippen molar-refractivity contribution in [2.75, 3.05) is 14.2 Å². The smallest absolute Gasteiger partial charge is 0.123 e.